The smallest absolute Gasteiger partial charge is 0.322 e. The molecular formula is C15H17N7O3. The third-order valence-corrected chi connectivity index (χ3v) is 3.24. The van der Waals surface area contributed by atoms with Crippen LogP contribution in [0.25, 0.3) is 11.1 Å². The van der Waals surface area contributed by atoms with E-state index in [1.54, 1.807) is 39.2 Å². The van der Waals surface area contributed by atoms with Crippen LogP contribution < -0.4 is 10.6 Å². The number of aryl methyl sites for hydroxylation is 1. The van der Waals surface area contributed by atoms with E-state index in [1.165, 1.54) is 15.9 Å². The number of urea groups is 1. The number of amides is 3. The predicted octanol–water partition coefficient (Wildman–Crippen LogP) is 1.46. The van der Waals surface area contributed by atoms with E-state index >= 15 is 0 Å². The van der Waals surface area contributed by atoms with Gasteiger partial charge in [0.15, 0.2) is 17.3 Å². The summed E-state index contributed by atoms with van der Waals surface area (Å²) >= 11 is 0. The van der Waals surface area contributed by atoms with Crippen molar-refractivity contribution in [2.24, 2.45) is 0 Å². The zero-order valence-corrected chi connectivity index (χ0v) is 14.0. The normalized spacial score (nSPS) is 10.7. The number of hydrogen-bond donors (Lipinski definition) is 2. The molecule has 10 nitrogen and oxygen atoms in total. The third-order valence-electron chi connectivity index (χ3n) is 3.24. The lowest BCUT2D eigenvalue weighted by molar-refractivity contribution is -0.117. The molecule has 3 amide bonds. The van der Waals surface area contributed by atoms with E-state index in [-0.39, 0.29) is 24.3 Å². The molecule has 2 heterocycles. The highest BCUT2D eigenvalue weighted by Gasteiger charge is 2.11. The fraction of sp³-hybridized carbons (Fsp3) is 0.267. The number of aromatic nitrogens is 4. The Morgan fingerprint density at radius 3 is 2.84 bits per heavy atom. The Morgan fingerprint density at radius 1 is 1.28 bits per heavy atom. The Labute approximate surface area is 142 Å². The summed E-state index contributed by atoms with van der Waals surface area (Å²) in [6, 6.07) is 4.88. The standard InChI is InChI=1S/C15H17N7O3/c1-9-17-11-5-4-10(6-12(11)25-9)18-14(23)8-22-16-7-13(20-22)19-15(24)21(2)3/h4-7H,8H2,1-3H3,(H,18,23)(H,19,20,24). The molecule has 0 radical (unpaired) electrons. The fourth-order valence-corrected chi connectivity index (χ4v) is 2.10. The summed E-state index contributed by atoms with van der Waals surface area (Å²) in [7, 11) is 3.22. The van der Waals surface area contributed by atoms with Crippen LogP contribution >= 0.6 is 0 Å². The summed E-state index contributed by atoms with van der Waals surface area (Å²) in [5.41, 5.74) is 1.91. The maximum atomic E-state index is 12.1. The minimum atomic E-state index is -0.327. The molecule has 3 rings (SSSR count). The summed E-state index contributed by atoms with van der Waals surface area (Å²) < 4.78 is 5.43. The molecule has 10 heteroatoms. The molecule has 0 aliphatic carbocycles. The number of oxazole rings is 1. The first kappa shape index (κ1) is 16.4. The van der Waals surface area contributed by atoms with Gasteiger partial charge in [-0.2, -0.15) is 9.90 Å². The van der Waals surface area contributed by atoms with Crippen molar-refractivity contribution >= 4 is 34.5 Å². The maximum Gasteiger partial charge on any atom is 0.322 e. The van der Waals surface area contributed by atoms with Crippen molar-refractivity contribution in [2.75, 3.05) is 24.7 Å². The molecule has 130 valence electrons. The first-order valence-electron chi connectivity index (χ1n) is 7.46. The number of nitrogens with one attached hydrogen (secondary N) is 2. The molecule has 0 saturated heterocycles. The second kappa shape index (κ2) is 6.59. The van der Waals surface area contributed by atoms with Crippen LogP contribution in [0, 0.1) is 6.92 Å². The largest absolute Gasteiger partial charge is 0.441 e. The SMILES string of the molecule is Cc1nc2ccc(NC(=O)Cn3ncc(NC(=O)N(C)C)n3)cc2o1. The molecule has 0 atom stereocenters. The number of anilines is 2. The molecular weight excluding hydrogens is 326 g/mol. The summed E-state index contributed by atoms with van der Waals surface area (Å²) in [5, 5.41) is 13.3. The summed E-state index contributed by atoms with van der Waals surface area (Å²) in [6.07, 6.45) is 1.37. The molecule has 0 spiro atoms. The highest BCUT2D eigenvalue weighted by molar-refractivity contribution is 5.92. The predicted molar refractivity (Wildman–Crippen MR) is 90.1 cm³/mol. The lowest BCUT2D eigenvalue weighted by atomic mass is 10.3. The number of hydrogen-bond acceptors (Lipinski definition) is 6. The average Bonchev–Trinajstić information content (AvgIpc) is 3.11. The number of carbonyl (C=O) groups is 2. The van der Waals surface area contributed by atoms with Crippen molar-refractivity contribution in [1.82, 2.24) is 24.9 Å². The van der Waals surface area contributed by atoms with Crippen LogP contribution in [0.5, 0.6) is 0 Å². The Balaban J connectivity index is 1.61. The van der Waals surface area contributed by atoms with Crippen molar-refractivity contribution in [2.45, 2.75) is 13.5 Å². The van der Waals surface area contributed by atoms with Gasteiger partial charge in [0, 0.05) is 32.8 Å². The van der Waals surface area contributed by atoms with Crippen LogP contribution in [0.1, 0.15) is 5.89 Å². The Hall–Kier alpha value is -3.43. The van der Waals surface area contributed by atoms with Gasteiger partial charge in [0.05, 0.1) is 6.20 Å². The van der Waals surface area contributed by atoms with Gasteiger partial charge in [0.1, 0.15) is 12.1 Å². The third kappa shape index (κ3) is 3.91. The molecule has 0 unspecified atom stereocenters. The number of rotatable bonds is 4. The molecule has 2 N–H and O–H groups in total. The number of fused-ring (bicyclic) bond motifs is 1. The number of carbonyl (C=O) groups excluding carboxylic acids is 2. The number of nitrogens with zero attached hydrogens (tertiary/aromatic N) is 5. The van der Waals surface area contributed by atoms with Crippen molar-refractivity contribution < 1.29 is 14.0 Å². The van der Waals surface area contributed by atoms with Gasteiger partial charge in [-0.25, -0.2) is 9.78 Å². The molecule has 0 aliphatic rings. The molecule has 0 aliphatic heterocycles. The zero-order chi connectivity index (χ0) is 18.0. The van der Waals surface area contributed by atoms with Gasteiger partial charge in [-0.05, 0) is 12.1 Å². The van der Waals surface area contributed by atoms with Crippen LogP contribution in [0.2, 0.25) is 0 Å². The van der Waals surface area contributed by atoms with Gasteiger partial charge in [0.2, 0.25) is 5.91 Å². The Morgan fingerprint density at radius 2 is 2.08 bits per heavy atom. The van der Waals surface area contributed by atoms with E-state index in [9.17, 15) is 9.59 Å². The van der Waals surface area contributed by atoms with Crippen molar-refractivity contribution in [3.05, 3.63) is 30.3 Å². The van der Waals surface area contributed by atoms with Gasteiger partial charge in [0.25, 0.3) is 0 Å². The van der Waals surface area contributed by atoms with Crippen molar-refractivity contribution in [1.29, 1.82) is 0 Å². The lowest BCUT2D eigenvalue weighted by Crippen LogP contribution is -2.27. The van der Waals surface area contributed by atoms with E-state index in [1.807, 2.05) is 0 Å². The topological polar surface area (TPSA) is 118 Å². The van der Waals surface area contributed by atoms with Gasteiger partial charge < -0.3 is 14.6 Å². The Bertz CT molecular complexity index is 928. The minimum absolute atomic E-state index is 0.0920. The summed E-state index contributed by atoms with van der Waals surface area (Å²) in [4.78, 5) is 30.4. The first-order chi connectivity index (χ1) is 11.9. The van der Waals surface area contributed by atoms with E-state index in [0.717, 1.165) is 5.52 Å². The van der Waals surface area contributed by atoms with Crippen LogP contribution in [0.15, 0.2) is 28.8 Å². The van der Waals surface area contributed by atoms with E-state index in [0.29, 0.717) is 17.2 Å². The monoisotopic (exact) mass is 343 g/mol. The average molecular weight is 343 g/mol. The molecule has 0 bridgehead atoms. The molecule has 3 aromatic rings. The Kier molecular flexibility index (Phi) is 4.33. The molecule has 0 saturated carbocycles. The van der Waals surface area contributed by atoms with E-state index < -0.39 is 0 Å². The first-order valence-corrected chi connectivity index (χ1v) is 7.46. The summed E-state index contributed by atoms with van der Waals surface area (Å²) in [6.45, 7) is 1.67. The fourth-order valence-electron chi connectivity index (χ4n) is 2.10. The lowest BCUT2D eigenvalue weighted by Gasteiger charge is -2.09. The molecule has 0 fully saturated rings. The van der Waals surface area contributed by atoms with E-state index in [4.69, 9.17) is 4.42 Å². The second-order valence-electron chi connectivity index (χ2n) is 5.55. The summed E-state index contributed by atoms with van der Waals surface area (Å²) in [5.74, 6) is 0.522. The zero-order valence-electron chi connectivity index (χ0n) is 14.0. The van der Waals surface area contributed by atoms with Gasteiger partial charge >= 0.3 is 6.03 Å². The van der Waals surface area contributed by atoms with Crippen molar-refractivity contribution in [3.63, 3.8) is 0 Å². The minimum Gasteiger partial charge on any atom is -0.441 e. The maximum absolute atomic E-state index is 12.1. The van der Waals surface area contributed by atoms with E-state index in [2.05, 4.69) is 25.8 Å². The second-order valence-corrected chi connectivity index (χ2v) is 5.55. The molecule has 25 heavy (non-hydrogen) atoms. The van der Waals surface area contributed by atoms with Crippen LogP contribution in [0.4, 0.5) is 16.3 Å². The highest BCUT2D eigenvalue weighted by atomic mass is 16.3. The highest BCUT2D eigenvalue weighted by Crippen LogP contribution is 2.19. The van der Waals surface area contributed by atoms with Gasteiger partial charge in [-0.3, -0.25) is 10.1 Å². The quantitative estimate of drug-likeness (QED) is 0.740. The number of benzene rings is 1. The van der Waals surface area contributed by atoms with Crippen LogP contribution in [-0.2, 0) is 11.3 Å². The molecule has 2 aromatic heterocycles. The van der Waals surface area contributed by atoms with Crippen LogP contribution in [0.3, 0.4) is 0 Å². The van der Waals surface area contributed by atoms with Crippen LogP contribution in [-0.4, -0.2) is 50.9 Å². The molecule has 1 aromatic carbocycles. The van der Waals surface area contributed by atoms with Gasteiger partial charge in [-0.1, -0.05) is 0 Å². The van der Waals surface area contributed by atoms with Crippen molar-refractivity contribution in [3.8, 4) is 0 Å². The van der Waals surface area contributed by atoms with Gasteiger partial charge in [-0.15, -0.1) is 5.10 Å².